The van der Waals surface area contributed by atoms with Crippen molar-refractivity contribution < 1.29 is 29.3 Å². The Labute approximate surface area is 226 Å². The van der Waals surface area contributed by atoms with E-state index in [0.717, 1.165) is 27.8 Å². The number of fused-ring (bicyclic) bond motifs is 3. The maximum atomic E-state index is 13.3. The van der Waals surface area contributed by atoms with E-state index in [1.165, 1.54) is 0 Å². The van der Waals surface area contributed by atoms with Gasteiger partial charge in [0, 0.05) is 25.6 Å². The van der Waals surface area contributed by atoms with Gasteiger partial charge in [0.2, 0.25) is 5.91 Å². The zero-order valence-corrected chi connectivity index (χ0v) is 21.4. The lowest BCUT2D eigenvalue weighted by atomic mass is 9.97. The Kier molecular flexibility index (Phi) is 7.63. The van der Waals surface area contributed by atoms with E-state index in [2.05, 4.69) is 22.8 Å². The highest BCUT2D eigenvalue weighted by Crippen LogP contribution is 2.44. The van der Waals surface area contributed by atoms with E-state index in [1.54, 1.807) is 0 Å². The van der Waals surface area contributed by atoms with E-state index in [-0.39, 0.29) is 19.1 Å². The second-order valence-electron chi connectivity index (χ2n) is 10.0. The summed E-state index contributed by atoms with van der Waals surface area (Å²) in [6, 6.07) is 25.8. The first kappa shape index (κ1) is 26.4. The Balaban J connectivity index is 1.29. The average molecular weight is 530 g/mol. The van der Waals surface area contributed by atoms with Crippen molar-refractivity contribution in [3.63, 3.8) is 0 Å². The summed E-state index contributed by atoms with van der Waals surface area (Å²) in [7, 11) is 0. The number of carbonyl (C=O) groups is 3. The number of nitrogens with zero attached hydrogens (tertiary/aromatic N) is 1. The minimum atomic E-state index is -1.75. The number of likely N-dealkylation sites (tertiary alicyclic amines) is 1. The van der Waals surface area contributed by atoms with Gasteiger partial charge >= 0.3 is 12.1 Å². The molecule has 9 heteroatoms. The maximum absolute atomic E-state index is 13.3. The van der Waals surface area contributed by atoms with E-state index < -0.39 is 36.2 Å². The molecule has 2 atom stereocenters. The first-order valence-corrected chi connectivity index (χ1v) is 12.9. The molecule has 0 bridgehead atoms. The zero-order valence-electron chi connectivity index (χ0n) is 21.4. The largest absolute Gasteiger partial charge is 0.479 e. The molecular weight excluding hydrogens is 498 g/mol. The summed E-state index contributed by atoms with van der Waals surface area (Å²) in [5.41, 5.74) is 4.11. The zero-order chi connectivity index (χ0) is 27.4. The predicted octanol–water partition coefficient (Wildman–Crippen LogP) is 2.73. The fraction of sp³-hybridized carbons (Fsp3) is 0.300. The molecule has 202 valence electrons. The van der Waals surface area contributed by atoms with Crippen LogP contribution < -0.4 is 10.6 Å². The number of hydrogen-bond acceptors (Lipinski definition) is 6. The van der Waals surface area contributed by atoms with Crippen LogP contribution in [0.15, 0.2) is 78.9 Å². The molecule has 5 rings (SSSR count). The van der Waals surface area contributed by atoms with Gasteiger partial charge in [-0.2, -0.15) is 0 Å². The van der Waals surface area contributed by atoms with Gasteiger partial charge in [-0.15, -0.1) is 0 Å². The quantitative estimate of drug-likeness (QED) is 0.336. The van der Waals surface area contributed by atoms with E-state index in [1.807, 2.05) is 71.6 Å². The number of amides is 2. The molecule has 2 unspecified atom stereocenters. The van der Waals surface area contributed by atoms with Crippen LogP contribution >= 0.6 is 0 Å². The number of carbonyl (C=O) groups excluding carboxylic acids is 2. The van der Waals surface area contributed by atoms with E-state index in [4.69, 9.17) is 9.84 Å². The van der Waals surface area contributed by atoms with Crippen molar-refractivity contribution in [3.05, 3.63) is 95.6 Å². The van der Waals surface area contributed by atoms with Crippen LogP contribution in [0.4, 0.5) is 4.79 Å². The summed E-state index contributed by atoms with van der Waals surface area (Å²) in [6.45, 7) is 0.957. The number of aliphatic carboxylic acids is 1. The summed E-state index contributed by atoms with van der Waals surface area (Å²) < 4.78 is 5.70. The molecule has 1 saturated heterocycles. The van der Waals surface area contributed by atoms with Gasteiger partial charge in [0.25, 0.3) is 0 Å². The second-order valence-corrected chi connectivity index (χ2v) is 10.0. The van der Waals surface area contributed by atoms with Gasteiger partial charge in [-0.05, 0) is 34.2 Å². The smallest absolute Gasteiger partial charge is 0.408 e. The third-order valence-corrected chi connectivity index (χ3v) is 7.46. The van der Waals surface area contributed by atoms with Crippen molar-refractivity contribution in [1.82, 2.24) is 15.5 Å². The normalized spacial score (nSPS) is 19.1. The van der Waals surface area contributed by atoms with Crippen LogP contribution in [0.1, 0.15) is 29.0 Å². The van der Waals surface area contributed by atoms with Gasteiger partial charge in [-0.25, -0.2) is 9.59 Å². The van der Waals surface area contributed by atoms with Crippen molar-refractivity contribution in [2.45, 2.75) is 30.5 Å². The summed E-state index contributed by atoms with van der Waals surface area (Å²) in [5, 5.41) is 23.9. The minimum Gasteiger partial charge on any atom is -0.479 e. The number of alkyl carbamates (subject to hydrolysis) is 1. The summed E-state index contributed by atoms with van der Waals surface area (Å²) in [6.07, 6.45) is -2.17. The Morgan fingerprint density at radius 3 is 2.21 bits per heavy atom. The third kappa shape index (κ3) is 5.64. The average Bonchev–Trinajstić information content (AvgIpc) is 3.50. The number of rotatable bonds is 9. The number of nitrogens with one attached hydrogen (secondary N) is 2. The minimum absolute atomic E-state index is 0.100. The van der Waals surface area contributed by atoms with Gasteiger partial charge < -0.3 is 25.6 Å². The summed E-state index contributed by atoms with van der Waals surface area (Å²) >= 11 is 0. The Hall–Kier alpha value is -4.21. The lowest BCUT2D eigenvalue weighted by Gasteiger charge is -2.29. The molecule has 3 aromatic carbocycles. The van der Waals surface area contributed by atoms with E-state index in [9.17, 15) is 19.5 Å². The van der Waals surface area contributed by atoms with Crippen LogP contribution in [0.3, 0.4) is 0 Å². The highest BCUT2D eigenvalue weighted by molar-refractivity contribution is 5.91. The van der Waals surface area contributed by atoms with Gasteiger partial charge in [-0.3, -0.25) is 9.69 Å². The maximum Gasteiger partial charge on any atom is 0.408 e. The number of aliphatic hydroxyl groups excluding tert-OH is 1. The molecule has 0 saturated carbocycles. The molecule has 2 amide bonds. The molecule has 1 heterocycles. The molecule has 3 aromatic rings. The number of benzene rings is 3. The lowest BCUT2D eigenvalue weighted by molar-refractivity contribution is -0.146. The van der Waals surface area contributed by atoms with Crippen molar-refractivity contribution in [3.8, 4) is 11.1 Å². The first-order valence-electron chi connectivity index (χ1n) is 12.9. The van der Waals surface area contributed by atoms with Crippen LogP contribution in [0.25, 0.3) is 11.1 Å². The number of hydrogen-bond donors (Lipinski definition) is 4. The van der Waals surface area contributed by atoms with E-state index >= 15 is 0 Å². The van der Waals surface area contributed by atoms with Crippen LogP contribution in [-0.2, 0) is 20.9 Å². The van der Waals surface area contributed by atoms with Crippen molar-refractivity contribution >= 4 is 18.0 Å². The van der Waals surface area contributed by atoms with Gasteiger partial charge in [0.1, 0.15) is 12.1 Å². The van der Waals surface area contributed by atoms with Gasteiger partial charge in [0.05, 0.1) is 6.54 Å². The predicted molar refractivity (Wildman–Crippen MR) is 144 cm³/mol. The van der Waals surface area contributed by atoms with Crippen LogP contribution in [-0.4, -0.2) is 71.0 Å². The fourth-order valence-corrected chi connectivity index (χ4v) is 5.49. The molecule has 9 nitrogen and oxygen atoms in total. The fourth-order valence-electron chi connectivity index (χ4n) is 5.49. The number of ether oxygens (including phenoxy) is 1. The molecule has 1 fully saturated rings. The first-order chi connectivity index (χ1) is 18.9. The van der Waals surface area contributed by atoms with E-state index in [0.29, 0.717) is 19.5 Å². The molecule has 0 radical (unpaired) electrons. The number of carboxylic acids is 1. The molecular formula is C30H31N3O6. The molecule has 4 N–H and O–H groups in total. The second kappa shape index (κ2) is 11.3. The number of carboxylic acid groups (broad SMARTS) is 1. The topological polar surface area (TPSA) is 128 Å². The third-order valence-electron chi connectivity index (χ3n) is 7.46. The number of aliphatic hydroxyl groups is 1. The highest BCUT2D eigenvalue weighted by Gasteiger charge is 2.46. The van der Waals surface area contributed by atoms with Crippen LogP contribution in [0, 0.1) is 0 Å². The molecule has 39 heavy (non-hydrogen) atoms. The van der Waals surface area contributed by atoms with Crippen molar-refractivity contribution in [1.29, 1.82) is 0 Å². The standard InChI is InChI=1S/C30H31N3O6/c34-26(27(35)36)16-31-28(37)30(14-15-33(19-30)17-20-8-2-1-3-9-20)32-29(38)39-18-25-23-12-6-4-10-21(23)22-11-5-7-13-24(22)25/h1-13,25-26,34H,14-19H2,(H,31,37)(H,32,38)(H,35,36). The molecule has 1 aliphatic carbocycles. The molecule has 2 aliphatic rings. The monoisotopic (exact) mass is 529 g/mol. The Bertz CT molecular complexity index is 1320. The SMILES string of the molecule is O=C(NC1(C(=O)NCC(O)C(=O)O)CCN(Cc2ccccc2)C1)OCC1c2ccccc2-c2ccccc21. The highest BCUT2D eigenvalue weighted by atomic mass is 16.5. The summed E-state index contributed by atoms with van der Waals surface area (Å²) in [4.78, 5) is 39.5. The Morgan fingerprint density at radius 2 is 1.56 bits per heavy atom. The van der Waals surface area contributed by atoms with Crippen molar-refractivity contribution in [2.24, 2.45) is 0 Å². The lowest BCUT2D eigenvalue weighted by Crippen LogP contribution is -2.61. The molecule has 0 spiro atoms. The van der Waals surface area contributed by atoms with Crippen LogP contribution in [0.5, 0.6) is 0 Å². The molecule has 0 aromatic heterocycles. The Morgan fingerprint density at radius 1 is 0.949 bits per heavy atom. The van der Waals surface area contributed by atoms with Crippen molar-refractivity contribution in [2.75, 3.05) is 26.2 Å². The van der Waals surface area contributed by atoms with Gasteiger partial charge in [0.15, 0.2) is 6.10 Å². The molecule has 1 aliphatic heterocycles. The summed E-state index contributed by atoms with van der Waals surface area (Å²) in [5.74, 6) is -2.13. The van der Waals surface area contributed by atoms with Gasteiger partial charge in [-0.1, -0.05) is 78.9 Å². The van der Waals surface area contributed by atoms with Crippen LogP contribution in [0.2, 0.25) is 0 Å².